The molecule has 0 spiro atoms. The summed E-state index contributed by atoms with van der Waals surface area (Å²) in [6.07, 6.45) is 8.11. The lowest BCUT2D eigenvalue weighted by Crippen LogP contribution is -2.56. The normalized spacial score (nSPS) is 26.1. The molecular weight excluding hydrogens is 304 g/mol. The Bertz CT molecular complexity index is 546. The average molecular weight is 325 g/mol. The number of nitrogens with zero attached hydrogens (tertiary/aromatic N) is 1. The third-order valence-corrected chi connectivity index (χ3v) is 4.93. The summed E-state index contributed by atoms with van der Waals surface area (Å²) in [5.41, 5.74) is 0.608. The van der Waals surface area contributed by atoms with Crippen LogP contribution in [0.3, 0.4) is 0 Å². The third kappa shape index (κ3) is 4.09. The van der Waals surface area contributed by atoms with E-state index in [1.807, 2.05) is 0 Å². The number of alkyl halides is 2. The lowest BCUT2D eigenvalue weighted by Gasteiger charge is -2.46. The number of carbonyl (C=O) groups excluding carboxylic acids is 1. The van der Waals surface area contributed by atoms with Crippen LogP contribution in [0.1, 0.15) is 44.1 Å². The quantitative estimate of drug-likeness (QED) is 0.874. The molecule has 0 aromatic carbocycles. The largest absolute Gasteiger partial charge is 0.417 e. The first kappa shape index (κ1) is 16.0. The van der Waals surface area contributed by atoms with Gasteiger partial charge in [-0.1, -0.05) is 0 Å². The SMILES string of the molecule is O=C(NCc1ccnc(OC(F)F)c1)NC12CCC(CC1)CC2. The topological polar surface area (TPSA) is 63.2 Å². The van der Waals surface area contributed by atoms with Gasteiger partial charge < -0.3 is 15.4 Å². The van der Waals surface area contributed by atoms with Crippen molar-refractivity contribution in [1.82, 2.24) is 15.6 Å². The number of hydrogen-bond acceptors (Lipinski definition) is 3. The predicted octanol–water partition coefficient (Wildman–Crippen LogP) is 3.21. The number of hydrogen-bond donors (Lipinski definition) is 2. The number of carbonyl (C=O) groups is 1. The minimum Gasteiger partial charge on any atom is -0.417 e. The summed E-state index contributed by atoms with van der Waals surface area (Å²) in [7, 11) is 0. The molecule has 23 heavy (non-hydrogen) atoms. The number of halogens is 2. The Morgan fingerprint density at radius 2 is 2.04 bits per heavy atom. The van der Waals surface area contributed by atoms with Crippen molar-refractivity contribution in [1.29, 1.82) is 0 Å². The van der Waals surface area contributed by atoms with Crippen molar-refractivity contribution in [3.8, 4) is 5.88 Å². The molecule has 2 N–H and O–H groups in total. The van der Waals surface area contributed by atoms with Crippen LogP contribution in [-0.4, -0.2) is 23.2 Å². The molecule has 3 aliphatic rings. The Labute approximate surface area is 133 Å². The molecule has 3 saturated carbocycles. The first-order chi connectivity index (χ1) is 11.0. The fourth-order valence-electron chi connectivity index (χ4n) is 3.62. The van der Waals surface area contributed by atoms with Crippen LogP contribution in [0.15, 0.2) is 18.3 Å². The van der Waals surface area contributed by atoms with Crippen molar-refractivity contribution in [2.45, 2.75) is 57.2 Å². The lowest BCUT2D eigenvalue weighted by atomic mass is 9.66. The van der Waals surface area contributed by atoms with Gasteiger partial charge in [0, 0.05) is 24.3 Å². The van der Waals surface area contributed by atoms with Gasteiger partial charge in [-0.25, -0.2) is 9.78 Å². The molecule has 7 heteroatoms. The van der Waals surface area contributed by atoms with E-state index in [1.165, 1.54) is 31.5 Å². The van der Waals surface area contributed by atoms with Gasteiger partial charge in [-0.3, -0.25) is 0 Å². The molecule has 0 radical (unpaired) electrons. The van der Waals surface area contributed by atoms with Crippen molar-refractivity contribution in [2.24, 2.45) is 5.92 Å². The molecule has 0 atom stereocenters. The Morgan fingerprint density at radius 3 is 2.70 bits per heavy atom. The van der Waals surface area contributed by atoms with Crippen molar-refractivity contribution in [3.05, 3.63) is 23.9 Å². The molecule has 0 unspecified atom stereocenters. The standard InChI is InChI=1S/C16H21F2N3O2/c17-14(18)23-13-9-12(4-8-19-13)10-20-15(22)21-16-5-1-11(2-6-16)3-7-16/h4,8-9,11,14H,1-3,5-7,10H2,(H2,20,21,22). The van der Waals surface area contributed by atoms with Crippen molar-refractivity contribution in [3.63, 3.8) is 0 Å². The summed E-state index contributed by atoms with van der Waals surface area (Å²) in [6.45, 7) is -2.67. The van der Waals surface area contributed by atoms with Gasteiger partial charge in [0.05, 0.1) is 0 Å². The molecule has 126 valence electrons. The highest BCUT2D eigenvalue weighted by atomic mass is 19.3. The first-order valence-electron chi connectivity index (χ1n) is 8.00. The Hall–Kier alpha value is -1.92. The smallest absolute Gasteiger partial charge is 0.388 e. The summed E-state index contributed by atoms with van der Waals surface area (Å²) < 4.78 is 28.6. The second kappa shape index (κ2) is 6.68. The summed E-state index contributed by atoms with van der Waals surface area (Å²) in [5.74, 6) is 0.690. The highest BCUT2D eigenvalue weighted by molar-refractivity contribution is 5.74. The molecule has 1 aromatic rings. The van der Waals surface area contributed by atoms with Crippen LogP contribution in [0.5, 0.6) is 5.88 Å². The zero-order valence-corrected chi connectivity index (χ0v) is 12.9. The summed E-state index contributed by atoms with van der Waals surface area (Å²) in [6, 6.07) is 2.85. The van der Waals surface area contributed by atoms with Crippen LogP contribution in [0.2, 0.25) is 0 Å². The maximum atomic E-state index is 12.2. The van der Waals surface area contributed by atoms with Gasteiger partial charge in [-0.05, 0) is 56.1 Å². The van der Waals surface area contributed by atoms with E-state index in [-0.39, 0.29) is 24.0 Å². The van der Waals surface area contributed by atoms with Crippen molar-refractivity contribution >= 4 is 6.03 Å². The van der Waals surface area contributed by atoms with Gasteiger partial charge >= 0.3 is 12.6 Å². The van der Waals surface area contributed by atoms with Crippen molar-refractivity contribution in [2.75, 3.05) is 0 Å². The number of nitrogens with one attached hydrogen (secondary N) is 2. The Morgan fingerprint density at radius 1 is 1.35 bits per heavy atom. The molecule has 1 heterocycles. The summed E-state index contributed by atoms with van der Waals surface area (Å²) in [5, 5.41) is 5.90. The number of ether oxygens (including phenoxy) is 1. The number of fused-ring (bicyclic) bond motifs is 3. The third-order valence-electron chi connectivity index (χ3n) is 4.93. The Kier molecular flexibility index (Phi) is 4.63. The van der Waals surface area contributed by atoms with E-state index >= 15 is 0 Å². The molecule has 3 aliphatic carbocycles. The highest BCUT2D eigenvalue weighted by Crippen LogP contribution is 2.43. The molecule has 2 bridgehead atoms. The predicted molar refractivity (Wildman–Crippen MR) is 80.2 cm³/mol. The fraction of sp³-hybridized carbons (Fsp3) is 0.625. The molecule has 0 aliphatic heterocycles. The van der Waals surface area contributed by atoms with Gasteiger partial charge in [0.1, 0.15) is 0 Å². The van der Waals surface area contributed by atoms with Crippen LogP contribution in [0, 0.1) is 5.92 Å². The number of rotatable bonds is 5. The average Bonchev–Trinajstić information content (AvgIpc) is 2.54. The molecule has 1 aromatic heterocycles. The zero-order valence-electron chi connectivity index (χ0n) is 12.9. The molecule has 5 nitrogen and oxygen atoms in total. The summed E-state index contributed by atoms with van der Waals surface area (Å²) in [4.78, 5) is 15.8. The second-order valence-corrected chi connectivity index (χ2v) is 6.45. The van der Waals surface area contributed by atoms with E-state index in [2.05, 4.69) is 20.4 Å². The fourth-order valence-corrected chi connectivity index (χ4v) is 3.62. The van der Waals surface area contributed by atoms with Crippen LogP contribution in [-0.2, 0) is 6.54 Å². The van der Waals surface area contributed by atoms with Gasteiger partial charge in [-0.2, -0.15) is 8.78 Å². The molecule has 2 amide bonds. The van der Waals surface area contributed by atoms with Crippen LogP contribution < -0.4 is 15.4 Å². The monoisotopic (exact) mass is 325 g/mol. The maximum Gasteiger partial charge on any atom is 0.388 e. The van der Waals surface area contributed by atoms with Crippen LogP contribution >= 0.6 is 0 Å². The van der Waals surface area contributed by atoms with E-state index in [1.54, 1.807) is 6.07 Å². The van der Waals surface area contributed by atoms with Crippen molar-refractivity contribution < 1.29 is 18.3 Å². The molecule has 3 fully saturated rings. The van der Waals surface area contributed by atoms with Gasteiger partial charge in [-0.15, -0.1) is 0 Å². The molecule has 0 saturated heterocycles. The van der Waals surface area contributed by atoms with E-state index in [0.29, 0.717) is 5.56 Å². The van der Waals surface area contributed by atoms with E-state index in [9.17, 15) is 13.6 Å². The minimum atomic E-state index is -2.91. The van der Waals surface area contributed by atoms with Gasteiger partial charge in [0.25, 0.3) is 0 Å². The second-order valence-electron chi connectivity index (χ2n) is 6.45. The zero-order chi connectivity index (χ0) is 16.3. The summed E-state index contributed by atoms with van der Waals surface area (Å²) >= 11 is 0. The number of aromatic nitrogens is 1. The highest BCUT2D eigenvalue weighted by Gasteiger charge is 2.41. The number of amides is 2. The first-order valence-corrected chi connectivity index (χ1v) is 8.00. The lowest BCUT2D eigenvalue weighted by molar-refractivity contribution is -0.0529. The van der Waals surface area contributed by atoms with Crippen LogP contribution in [0.25, 0.3) is 0 Å². The van der Waals surface area contributed by atoms with Gasteiger partial charge in [0.2, 0.25) is 5.88 Å². The Balaban J connectivity index is 1.51. The minimum absolute atomic E-state index is 0.0545. The van der Waals surface area contributed by atoms with Gasteiger partial charge in [0.15, 0.2) is 0 Å². The van der Waals surface area contributed by atoms with E-state index in [0.717, 1.165) is 25.2 Å². The molecule has 4 rings (SSSR count). The number of urea groups is 1. The van der Waals surface area contributed by atoms with Crippen LogP contribution in [0.4, 0.5) is 13.6 Å². The van der Waals surface area contributed by atoms with E-state index < -0.39 is 6.61 Å². The van der Waals surface area contributed by atoms with E-state index in [4.69, 9.17) is 0 Å². The maximum absolute atomic E-state index is 12.2. The molecular formula is C16H21F2N3O2. The number of pyridine rings is 1.